The molecule has 0 bridgehead atoms. The molecule has 1 rings (SSSR count). The molecule has 0 fully saturated rings. The molecule has 0 amide bonds. The van der Waals surface area contributed by atoms with Crippen LogP contribution in [0.4, 0.5) is 0 Å². The van der Waals surface area contributed by atoms with E-state index in [9.17, 15) is 8.42 Å². The molecule has 0 atom stereocenters. The number of benzene rings is 1. The molecule has 7 heteroatoms. The Morgan fingerprint density at radius 2 is 2.00 bits per heavy atom. The van der Waals surface area contributed by atoms with Gasteiger partial charge in [-0.2, -0.15) is 5.26 Å². The van der Waals surface area contributed by atoms with Crippen molar-refractivity contribution in [3.63, 3.8) is 0 Å². The van der Waals surface area contributed by atoms with E-state index in [4.69, 9.17) is 11.0 Å². The Morgan fingerprint density at radius 3 is 2.47 bits per heavy atom. The zero-order valence-electron chi connectivity index (χ0n) is 11.1. The third-order valence-electron chi connectivity index (χ3n) is 2.32. The molecule has 0 saturated carbocycles. The van der Waals surface area contributed by atoms with Gasteiger partial charge in [-0.25, -0.2) is 13.1 Å². The zero-order chi connectivity index (χ0) is 14.0. The van der Waals surface area contributed by atoms with Crippen LogP contribution < -0.4 is 10.5 Å². The molecule has 3 N–H and O–H groups in total. The van der Waals surface area contributed by atoms with Crippen molar-refractivity contribution in [3.8, 4) is 6.07 Å². The van der Waals surface area contributed by atoms with Crippen molar-refractivity contribution in [2.75, 3.05) is 6.54 Å². The van der Waals surface area contributed by atoms with Crippen LogP contribution in [-0.2, 0) is 10.0 Å². The van der Waals surface area contributed by atoms with Crippen LogP contribution >= 0.6 is 12.4 Å². The minimum absolute atomic E-state index is 0. The number of hydrogen-bond acceptors (Lipinski definition) is 4. The van der Waals surface area contributed by atoms with Gasteiger partial charge in [0, 0.05) is 12.1 Å². The first-order valence-electron chi connectivity index (χ1n) is 5.45. The van der Waals surface area contributed by atoms with E-state index in [1.165, 1.54) is 6.07 Å². The highest BCUT2D eigenvalue weighted by molar-refractivity contribution is 7.89. The van der Waals surface area contributed by atoms with Crippen molar-refractivity contribution < 1.29 is 8.42 Å². The largest absolute Gasteiger partial charge is 0.324 e. The van der Waals surface area contributed by atoms with E-state index in [-0.39, 0.29) is 23.8 Å². The number of nitrogens with two attached hydrogens (primary N) is 1. The monoisotopic (exact) mass is 303 g/mol. The molecule has 0 aliphatic carbocycles. The maximum absolute atomic E-state index is 12.1. The van der Waals surface area contributed by atoms with Gasteiger partial charge in [0.1, 0.15) is 0 Å². The van der Waals surface area contributed by atoms with Crippen molar-refractivity contribution in [2.45, 2.75) is 31.2 Å². The first-order chi connectivity index (χ1) is 8.15. The molecule has 0 aliphatic heterocycles. The summed E-state index contributed by atoms with van der Waals surface area (Å²) in [6, 6.07) is 6.48. The fourth-order valence-corrected chi connectivity index (χ4v) is 2.81. The third-order valence-corrected chi connectivity index (χ3v) is 3.87. The standard InChI is InChI=1S/C12H17N3O2S.ClH/c1-9-4-5-10(7-13)6-11(9)18(16,17)15-8-12(2,3)14;/h4-6,15H,8,14H2,1-3H3;1H. The zero-order valence-corrected chi connectivity index (χ0v) is 12.7. The van der Waals surface area contributed by atoms with Crippen molar-refractivity contribution in [1.29, 1.82) is 5.26 Å². The molecule has 1 aromatic rings. The van der Waals surface area contributed by atoms with Gasteiger partial charge < -0.3 is 5.73 Å². The number of rotatable bonds is 4. The third kappa shape index (κ3) is 5.17. The van der Waals surface area contributed by atoms with Gasteiger partial charge in [-0.3, -0.25) is 0 Å². The second-order valence-corrected chi connectivity index (χ2v) is 6.64. The van der Waals surface area contributed by atoms with Crippen LogP contribution in [0, 0.1) is 18.3 Å². The SMILES string of the molecule is Cc1ccc(C#N)cc1S(=O)(=O)NCC(C)(C)N.Cl. The van der Waals surface area contributed by atoms with E-state index in [0.717, 1.165) is 0 Å². The van der Waals surface area contributed by atoms with E-state index in [2.05, 4.69) is 4.72 Å². The molecule has 0 aromatic heterocycles. The number of hydrogen-bond donors (Lipinski definition) is 2. The lowest BCUT2D eigenvalue weighted by atomic mass is 10.1. The Hall–Kier alpha value is -1.13. The predicted octanol–water partition coefficient (Wildman–Crippen LogP) is 1.30. The van der Waals surface area contributed by atoms with Crippen LogP contribution in [0.3, 0.4) is 0 Å². The van der Waals surface area contributed by atoms with Crippen LogP contribution in [0.2, 0.25) is 0 Å². The second kappa shape index (κ2) is 6.35. The lowest BCUT2D eigenvalue weighted by molar-refractivity contribution is 0.497. The summed E-state index contributed by atoms with van der Waals surface area (Å²) < 4.78 is 26.6. The van der Waals surface area contributed by atoms with E-state index < -0.39 is 15.6 Å². The summed E-state index contributed by atoms with van der Waals surface area (Å²) in [4.78, 5) is 0.116. The molecular formula is C12H18ClN3O2S. The van der Waals surface area contributed by atoms with Gasteiger partial charge in [0.2, 0.25) is 10.0 Å². The van der Waals surface area contributed by atoms with Gasteiger partial charge >= 0.3 is 0 Å². The number of nitrogens with one attached hydrogen (secondary N) is 1. The van der Waals surface area contributed by atoms with Crippen LogP contribution in [0.5, 0.6) is 0 Å². The fraction of sp³-hybridized carbons (Fsp3) is 0.417. The maximum atomic E-state index is 12.1. The fourth-order valence-electron chi connectivity index (χ4n) is 1.32. The number of halogens is 1. The molecule has 0 aliphatic rings. The molecule has 0 unspecified atom stereocenters. The number of nitrogens with zero attached hydrogens (tertiary/aromatic N) is 1. The summed E-state index contributed by atoms with van der Waals surface area (Å²) in [6.07, 6.45) is 0. The molecule has 0 spiro atoms. The van der Waals surface area contributed by atoms with Crippen LogP contribution in [-0.4, -0.2) is 20.5 Å². The van der Waals surface area contributed by atoms with Crippen molar-refractivity contribution in [2.24, 2.45) is 5.73 Å². The van der Waals surface area contributed by atoms with Crippen molar-refractivity contribution >= 4 is 22.4 Å². The quantitative estimate of drug-likeness (QED) is 0.876. The van der Waals surface area contributed by atoms with Gasteiger partial charge in [0.25, 0.3) is 0 Å². The second-order valence-electron chi connectivity index (χ2n) is 4.91. The molecule has 19 heavy (non-hydrogen) atoms. The highest BCUT2D eigenvalue weighted by Crippen LogP contribution is 2.16. The maximum Gasteiger partial charge on any atom is 0.240 e. The number of aryl methyl sites for hydroxylation is 1. The molecule has 0 radical (unpaired) electrons. The summed E-state index contributed by atoms with van der Waals surface area (Å²) in [5, 5.41) is 8.79. The van der Waals surface area contributed by atoms with Gasteiger partial charge in [0.05, 0.1) is 16.5 Å². The normalized spacial score (nSPS) is 11.5. The van der Waals surface area contributed by atoms with Gasteiger partial charge in [-0.15, -0.1) is 12.4 Å². The summed E-state index contributed by atoms with van der Waals surface area (Å²) in [6.45, 7) is 5.27. The molecule has 0 heterocycles. The topological polar surface area (TPSA) is 96.0 Å². The smallest absolute Gasteiger partial charge is 0.240 e. The van der Waals surface area contributed by atoms with E-state index in [1.807, 2.05) is 6.07 Å². The lowest BCUT2D eigenvalue weighted by Crippen LogP contribution is -2.45. The highest BCUT2D eigenvalue weighted by Gasteiger charge is 2.20. The van der Waals surface area contributed by atoms with Gasteiger partial charge in [-0.05, 0) is 38.5 Å². The van der Waals surface area contributed by atoms with Gasteiger partial charge in [-0.1, -0.05) is 6.07 Å². The Balaban J connectivity index is 0.00000324. The average Bonchev–Trinajstić information content (AvgIpc) is 2.26. The first kappa shape index (κ1) is 17.9. The van der Waals surface area contributed by atoms with Crippen molar-refractivity contribution in [1.82, 2.24) is 4.72 Å². The van der Waals surface area contributed by atoms with Gasteiger partial charge in [0.15, 0.2) is 0 Å². The van der Waals surface area contributed by atoms with Crippen LogP contribution in [0.25, 0.3) is 0 Å². The first-order valence-corrected chi connectivity index (χ1v) is 6.93. The Kier molecular flexibility index (Phi) is 5.97. The highest BCUT2D eigenvalue weighted by atomic mass is 35.5. The molecule has 5 nitrogen and oxygen atoms in total. The van der Waals surface area contributed by atoms with Crippen LogP contribution in [0.1, 0.15) is 25.0 Å². The minimum Gasteiger partial charge on any atom is -0.324 e. The molecule has 106 valence electrons. The summed E-state index contributed by atoms with van der Waals surface area (Å²) in [5.74, 6) is 0. The molecule has 1 aromatic carbocycles. The molecule has 0 saturated heterocycles. The Bertz CT molecular complexity index is 586. The summed E-state index contributed by atoms with van der Waals surface area (Å²) in [7, 11) is -3.64. The average molecular weight is 304 g/mol. The Labute approximate surface area is 120 Å². The summed E-state index contributed by atoms with van der Waals surface area (Å²) in [5.41, 5.74) is 6.01. The lowest BCUT2D eigenvalue weighted by Gasteiger charge is -2.19. The predicted molar refractivity (Wildman–Crippen MR) is 76.6 cm³/mol. The molecular weight excluding hydrogens is 286 g/mol. The van der Waals surface area contributed by atoms with Crippen molar-refractivity contribution in [3.05, 3.63) is 29.3 Å². The summed E-state index contributed by atoms with van der Waals surface area (Å²) >= 11 is 0. The van der Waals surface area contributed by atoms with E-state index in [1.54, 1.807) is 32.9 Å². The van der Waals surface area contributed by atoms with E-state index >= 15 is 0 Å². The van der Waals surface area contributed by atoms with Crippen LogP contribution in [0.15, 0.2) is 23.1 Å². The Morgan fingerprint density at radius 1 is 1.42 bits per heavy atom. The minimum atomic E-state index is -3.64. The number of sulfonamides is 1. The van der Waals surface area contributed by atoms with E-state index in [0.29, 0.717) is 11.1 Å². The number of nitriles is 1.